The minimum atomic E-state index is -5.78. The molecule has 0 N–H and O–H groups in total. The minimum Gasteiger partial charge on any atom is -0.365 e. The predicted octanol–water partition coefficient (Wildman–Crippen LogP) is 3.59. The number of rotatable bonds is 4. The standard InChI is InChI=1S/C10H11F7O/c1-3-4-5(2)18-7-6(11)8(12,13)10(16,17)9(7,14)15/h3,5-7H,1,4H2,2H3. The molecule has 0 heterocycles. The molecule has 106 valence electrons. The Morgan fingerprint density at radius 3 is 2.00 bits per heavy atom. The third-order valence-electron chi connectivity index (χ3n) is 2.68. The second-order valence-electron chi connectivity index (χ2n) is 4.11. The van der Waals surface area contributed by atoms with Gasteiger partial charge in [0, 0.05) is 0 Å². The number of hydrogen-bond donors (Lipinski definition) is 0. The fraction of sp³-hybridized carbons (Fsp3) is 0.800. The van der Waals surface area contributed by atoms with Crippen LogP contribution in [0.3, 0.4) is 0 Å². The van der Waals surface area contributed by atoms with Crippen molar-refractivity contribution in [2.75, 3.05) is 0 Å². The van der Waals surface area contributed by atoms with Gasteiger partial charge in [-0.15, -0.1) is 6.58 Å². The van der Waals surface area contributed by atoms with Crippen LogP contribution in [-0.2, 0) is 4.74 Å². The first-order valence-corrected chi connectivity index (χ1v) is 5.04. The van der Waals surface area contributed by atoms with E-state index in [0.717, 1.165) is 0 Å². The monoisotopic (exact) mass is 280 g/mol. The lowest BCUT2D eigenvalue weighted by Gasteiger charge is -2.25. The summed E-state index contributed by atoms with van der Waals surface area (Å²) in [6.45, 7) is 4.40. The van der Waals surface area contributed by atoms with Crippen LogP contribution in [0.5, 0.6) is 0 Å². The Hall–Kier alpha value is -0.790. The summed E-state index contributed by atoms with van der Waals surface area (Å²) in [5, 5.41) is 0. The zero-order valence-electron chi connectivity index (χ0n) is 9.28. The number of halogens is 7. The van der Waals surface area contributed by atoms with E-state index >= 15 is 0 Å². The smallest absolute Gasteiger partial charge is 0.365 e. The topological polar surface area (TPSA) is 9.23 Å². The minimum absolute atomic E-state index is 0.0591. The van der Waals surface area contributed by atoms with E-state index in [1.807, 2.05) is 0 Å². The van der Waals surface area contributed by atoms with Crippen molar-refractivity contribution < 1.29 is 35.5 Å². The van der Waals surface area contributed by atoms with Crippen LogP contribution in [0.1, 0.15) is 13.3 Å². The molecule has 0 aromatic rings. The maximum Gasteiger partial charge on any atom is 0.377 e. The SMILES string of the molecule is C=CCC(C)OC1C(F)C(F)(F)C(F)(F)C1(F)F. The van der Waals surface area contributed by atoms with Gasteiger partial charge in [-0.05, 0) is 13.3 Å². The second-order valence-corrected chi connectivity index (χ2v) is 4.11. The number of ether oxygens (including phenoxy) is 1. The third kappa shape index (κ3) is 1.90. The first kappa shape index (κ1) is 15.3. The molecule has 0 aromatic heterocycles. The Labute approximate surface area is 98.6 Å². The summed E-state index contributed by atoms with van der Waals surface area (Å²) in [5.41, 5.74) is 0. The lowest BCUT2D eigenvalue weighted by Crippen LogP contribution is -2.50. The molecule has 1 fully saturated rings. The van der Waals surface area contributed by atoms with Crippen LogP contribution in [0.15, 0.2) is 12.7 Å². The van der Waals surface area contributed by atoms with Gasteiger partial charge in [-0.1, -0.05) is 6.08 Å². The molecule has 18 heavy (non-hydrogen) atoms. The van der Waals surface area contributed by atoms with Crippen LogP contribution in [0.4, 0.5) is 30.7 Å². The second kappa shape index (κ2) is 4.40. The summed E-state index contributed by atoms with van der Waals surface area (Å²) in [6.07, 6.45) is -6.92. The fourth-order valence-corrected chi connectivity index (χ4v) is 1.64. The molecule has 1 saturated carbocycles. The fourth-order valence-electron chi connectivity index (χ4n) is 1.64. The van der Waals surface area contributed by atoms with Gasteiger partial charge in [0.2, 0.25) is 6.17 Å². The van der Waals surface area contributed by atoms with E-state index in [0.29, 0.717) is 0 Å². The molecule has 0 bridgehead atoms. The average molecular weight is 280 g/mol. The highest BCUT2D eigenvalue weighted by Crippen LogP contribution is 2.58. The van der Waals surface area contributed by atoms with E-state index in [1.165, 1.54) is 13.0 Å². The number of hydrogen-bond acceptors (Lipinski definition) is 1. The molecule has 0 radical (unpaired) electrons. The van der Waals surface area contributed by atoms with Gasteiger partial charge in [-0.2, -0.15) is 26.3 Å². The zero-order valence-corrected chi connectivity index (χ0v) is 9.28. The van der Waals surface area contributed by atoms with Crippen molar-refractivity contribution >= 4 is 0 Å². The molecular weight excluding hydrogens is 269 g/mol. The first-order valence-electron chi connectivity index (χ1n) is 5.04. The molecule has 3 unspecified atom stereocenters. The molecule has 1 aliphatic carbocycles. The summed E-state index contributed by atoms with van der Waals surface area (Å²) in [5.74, 6) is -16.5. The van der Waals surface area contributed by atoms with Crippen molar-refractivity contribution in [1.82, 2.24) is 0 Å². The van der Waals surface area contributed by atoms with Crippen molar-refractivity contribution in [3.8, 4) is 0 Å². The van der Waals surface area contributed by atoms with Gasteiger partial charge in [0.25, 0.3) is 0 Å². The van der Waals surface area contributed by atoms with Gasteiger partial charge in [0.15, 0.2) is 6.10 Å². The van der Waals surface area contributed by atoms with E-state index in [4.69, 9.17) is 0 Å². The van der Waals surface area contributed by atoms with Gasteiger partial charge in [-0.3, -0.25) is 0 Å². The molecule has 0 aromatic carbocycles. The molecule has 3 atom stereocenters. The Kier molecular flexibility index (Phi) is 3.73. The first-order chi connectivity index (χ1) is 8.00. The van der Waals surface area contributed by atoms with Crippen molar-refractivity contribution in [1.29, 1.82) is 0 Å². The van der Waals surface area contributed by atoms with E-state index in [1.54, 1.807) is 0 Å². The highest BCUT2D eigenvalue weighted by Gasteiger charge is 2.86. The molecule has 0 amide bonds. The van der Waals surface area contributed by atoms with Crippen molar-refractivity contribution in [2.45, 2.75) is 49.5 Å². The quantitative estimate of drug-likeness (QED) is 0.565. The average Bonchev–Trinajstić information content (AvgIpc) is 2.30. The molecule has 0 spiro atoms. The van der Waals surface area contributed by atoms with Crippen LogP contribution < -0.4 is 0 Å². The highest BCUT2D eigenvalue weighted by atomic mass is 19.3. The van der Waals surface area contributed by atoms with Crippen LogP contribution in [0.25, 0.3) is 0 Å². The molecule has 0 aliphatic heterocycles. The summed E-state index contributed by atoms with van der Waals surface area (Å²) in [6, 6.07) is 0. The van der Waals surface area contributed by atoms with E-state index in [-0.39, 0.29) is 6.42 Å². The molecule has 8 heteroatoms. The van der Waals surface area contributed by atoms with Crippen molar-refractivity contribution in [3.63, 3.8) is 0 Å². The molecule has 1 aliphatic rings. The largest absolute Gasteiger partial charge is 0.377 e. The normalized spacial score (nSPS) is 34.2. The van der Waals surface area contributed by atoms with E-state index < -0.39 is 36.1 Å². The molecule has 1 rings (SSSR count). The maximum absolute atomic E-state index is 13.1. The van der Waals surface area contributed by atoms with E-state index in [9.17, 15) is 30.7 Å². The third-order valence-corrected chi connectivity index (χ3v) is 2.68. The molecule has 1 nitrogen and oxygen atoms in total. The predicted molar refractivity (Wildman–Crippen MR) is 48.9 cm³/mol. The van der Waals surface area contributed by atoms with E-state index in [2.05, 4.69) is 11.3 Å². The van der Waals surface area contributed by atoms with Crippen molar-refractivity contribution in [3.05, 3.63) is 12.7 Å². The van der Waals surface area contributed by atoms with Crippen LogP contribution >= 0.6 is 0 Å². The van der Waals surface area contributed by atoms with Gasteiger partial charge < -0.3 is 4.74 Å². The van der Waals surface area contributed by atoms with Crippen LogP contribution in [-0.4, -0.2) is 36.1 Å². The summed E-state index contributed by atoms with van der Waals surface area (Å²) >= 11 is 0. The van der Waals surface area contributed by atoms with Gasteiger partial charge in [0.1, 0.15) is 0 Å². The summed E-state index contributed by atoms with van der Waals surface area (Å²) in [4.78, 5) is 0. The lowest BCUT2D eigenvalue weighted by molar-refractivity contribution is -0.287. The number of alkyl halides is 7. The van der Waals surface area contributed by atoms with Gasteiger partial charge in [-0.25, -0.2) is 4.39 Å². The van der Waals surface area contributed by atoms with Crippen LogP contribution in [0, 0.1) is 0 Å². The maximum atomic E-state index is 13.1. The highest BCUT2D eigenvalue weighted by molar-refractivity contribution is 5.15. The Morgan fingerprint density at radius 2 is 1.67 bits per heavy atom. The van der Waals surface area contributed by atoms with Gasteiger partial charge in [0.05, 0.1) is 6.10 Å². The Bertz CT molecular complexity index is 328. The lowest BCUT2D eigenvalue weighted by atomic mass is 10.2. The molecule has 0 saturated heterocycles. The molecular formula is C10H11F7O. The van der Waals surface area contributed by atoms with Crippen LogP contribution in [0.2, 0.25) is 0 Å². The van der Waals surface area contributed by atoms with Crippen molar-refractivity contribution in [2.24, 2.45) is 0 Å². The Balaban J connectivity index is 3.03. The van der Waals surface area contributed by atoms with Gasteiger partial charge >= 0.3 is 17.8 Å². The summed E-state index contributed by atoms with van der Waals surface area (Å²) in [7, 11) is 0. The zero-order chi connectivity index (χ0) is 14.4. The Morgan fingerprint density at radius 1 is 1.17 bits per heavy atom. The summed E-state index contributed by atoms with van der Waals surface area (Å²) < 4.78 is 94.8.